The van der Waals surface area contributed by atoms with E-state index in [1.165, 1.54) is 0 Å². The number of carboxylic acids is 1. The first-order valence-corrected chi connectivity index (χ1v) is 1.91. The van der Waals surface area contributed by atoms with Crippen LogP contribution < -0.4 is 70.6 Å². The number of amides is 1. The Hall–Kier alpha value is 0.700. The molecule has 0 aromatic rings. The van der Waals surface area contributed by atoms with E-state index >= 15 is 0 Å². The van der Waals surface area contributed by atoms with E-state index in [-0.39, 0.29) is 68.5 Å². The monoisotopic (exact) mass is 184 g/mol. The summed E-state index contributed by atoms with van der Waals surface area (Å²) in [6, 6.07) is 0. The van der Waals surface area contributed by atoms with E-state index in [2.05, 4.69) is 11.5 Å². The van der Waals surface area contributed by atoms with Crippen molar-refractivity contribution >= 4 is 12.1 Å². The molecule has 0 saturated carbocycles. The van der Waals surface area contributed by atoms with Crippen LogP contribution in [0.1, 0.15) is 2.85 Å². The molecule has 0 atom stereocenters. The largest absolute Gasteiger partial charge is 1.00 e. The van der Waals surface area contributed by atoms with Gasteiger partial charge in [-0.1, -0.05) is 0 Å². The van der Waals surface area contributed by atoms with Gasteiger partial charge in [0.25, 0.3) is 0 Å². The van der Waals surface area contributed by atoms with Crippen molar-refractivity contribution in [3.63, 3.8) is 0 Å². The molecule has 0 aliphatic carbocycles. The first kappa shape index (κ1) is 22.6. The molecule has 0 unspecified atom stereocenters. The second kappa shape index (κ2) is 17.0. The van der Waals surface area contributed by atoms with Gasteiger partial charge in [0, 0.05) is 0 Å². The van der Waals surface area contributed by atoms with Gasteiger partial charge in [-0.25, -0.2) is 4.79 Å². The Labute approximate surface area is 111 Å². The third-order valence-corrected chi connectivity index (χ3v) is 0.175. The minimum atomic E-state index is -1.33. The molecule has 6 nitrogen and oxygen atoms in total. The summed E-state index contributed by atoms with van der Waals surface area (Å²) in [6.07, 6.45) is -1.33. The molecule has 0 heterocycles. The minimum Gasteiger partial charge on any atom is -1.00 e. The van der Waals surface area contributed by atoms with Crippen LogP contribution in [0.2, 0.25) is 0 Å². The van der Waals surface area contributed by atoms with Gasteiger partial charge in [0.05, 0.1) is 6.54 Å². The van der Waals surface area contributed by atoms with Crippen molar-refractivity contribution in [3.8, 4) is 0 Å². The van der Waals surface area contributed by atoms with Gasteiger partial charge in [0.1, 0.15) is 0 Å². The molecular formula is C3H10N2Na2O4. The van der Waals surface area contributed by atoms with Crippen LogP contribution in [-0.4, -0.2) is 28.8 Å². The molecule has 0 spiro atoms. The van der Waals surface area contributed by atoms with Crippen molar-refractivity contribution in [2.45, 2.75) is 0 Å². The Kier molecular flexibility index (Phi) is 34.9. The number of aliphatic carboxylic acids is 1. The molecule has 0 aromatic carbocycles. The maximum absolute atomic E-state index is 9.24. The zero-order valence-electron chi connectivity index (χ0n) is 8.57. The Morgan fingerprint density at radius 2 is 1.36 bits per heavy atom. The second-order valence-electron chi connectivity index (χ2n) is 0.936. The number of hydrogen-bond donors (Lipinski definition) is 4. The Morgan fingerprint density at radius 3 is 1.36 bits per heavy atom. The third kappa shape index (κ3) is 111. The predicted molar refractivity (Wildman–Crippen MR) is 31.1 cm³/mol. The quantitative estimate of drug-likeness (QED) is 0.301. The average molecular weight is 184 g/mol. The van der Waals surface area contributed by atoms with Crippen LogP contribution in [0, 0.1) is 0 Å². The predicted octanol–water partition coefficient (Wildman–Crippen LogP) is -7.11. The molecule has 0 rings (SSSR count). The number of primary amides is 1. The summed E-state index contributed by atoms with van der Waals surface area (Å²) in [6.45, 7) is -0.278. The Morgan fingerprint density at radius 1 is 1.27 bits per heavy atom. The number of carbonyl (C=O) groups is 2. The van der Waals surface area contributed by atoms with Crippen LogP contribution in [0.4, 0.5) is 4.79 Å². The molecule has 1 amide bonds. The molecule has 0 saturated heterocycles. The van der Waals surface area contributed by atoms with Crippen molar-refractivity contribution < 1.29 is 81.8 Å². The zero-order chi connectivity index (χ0) is 7.86. The molecule has 0 bridgehead atoms. The van der Waals surface area contributed by atoms with E-state index in [1.54, 1.807) is 0 Å². The van der Waals surface area contributed by atoms with E-state index < -0.39 is 12.1 Å². The van der Waals surface area contributed by atoms with Crippen LogP contribution in [0.5, 0.6) is 0 Å². The van der Waals surface area contributed by atoms with Crippen LogP contribution in [0.3, 0.4) is 0 Å². The smallest absolute Gasteiger partial charge is 1.00 e. The molecule has 0 aliphatic heterocycles. The van der Waals surface area contributed by atoms with E-state index in [4.69, 9.17) is 15.0 Å². The first-order valence-electron chi connectivity index (χ1n) is 1.91. The topological polar surface area (TPSA) is 127 Å². The molecule has 0 aromatic heterocycles. The van der Waals surface area contributed by atoms with Gasteiger partial charge in [0.2, 0.25) is 0 Å². The fourth-order valence-electron chi connectivity index (χ4n) is 0. The number of nitrogens with two attached hydrogens (primary N) is 2. The normalized spacial score (nSPS) is 5.55. The fourth-order valence-corrected chi connectivity index (χ4v) is 0. The summed E-state index contributed by atoms with van der Waals surface area (Å²) in [4.78, 5) is 18.0. The summed E-state index contributed by atoms with van der Waals surface area (Å²) < 4.78 is 0. The van der Waals surface area contributed by atoms with Gasteiger partial charge in [-0.05, 0) is 0 Å². The molecule has 8 heteroatoms. The minimum absolute atomic E-state index is 0. The van der Waals surface area contributed by atoms with Gasteiger partial charge in [0.15, 0.2) is 0 Å². The van der Waals surface area contributed by atoms with Crippen molar-refractivity contribution in [2.24, 2.45) is 11.5 Å². The number of hydrogen-bond acceptors (Lipinski definition) is 3. The van der Waals surface area contributed by atoms with Crippen molar-refractivity contribution in [1.29, 1.82) is 0 Å². The van der Waals surface area contributed by atoms with Crippen molar-refractivity contribution in [3.05, 3.63) is 0 Å². The molecular weight excluding hydrogens is 174 g/mol. The molecule has 11 heavy (non-hydrogen) atoms. The van der Waals surface area contributed by atoms with E-state index in [0.717, 1.165) is 0 Å². The SMILES string of the molecule is NC(=O)O.NCC(=O)O.[H-].[H-].[Na+].[Na+]. The van der Waals surface area contributed by atoms with Gasteiger partial charge < -0.3 is 24.5 Å². The molecule has 6 N–H and O–H groups in total. The van der Waals surface area contributed by atoms with E-state index in [0.29, 0.717) is 0 Å². The fraction of sp³-hybridized carbons (Fsp3) is 0.333. The summed E-state index contributed by atoms with van der Waals surface area (Å²) in [7, 11) is 0. The maximum Gasteiger partial charge on any atom is 1.00 e. The van der Waals surface area contributed by atoms with Crippen LogP contribution in [0.15, 0.2) is 0 Å². The van der Waals surface area contributed by atoms with Crippen LogP contribution in [-0.2, 0) is 4.79 Å². The number of rotatable bonds is 1. The summed E-state index contributed by atoms with van der Waals surface area (Å²) >= 11 is 0. The molecule has 0 aliphatic rings. The Bertz CT molecular complexity index is 114. The van der Waals surface area contributed by atoms with Gasteiger partial charge in [-0.3, -0.25) is 4.79 Å². The number of carboxylic acid groups (broad SMARTS) is 2. The molecule has 0 fully saturated rings. The summed E-state index contributed by atoms with van der Waals surface area (Å²) in [5.74, 6) is -0.968. The van der Waals surface area contributed by atoms with E-state index in [9.17, 15) is 4.79 Å². The molecule has 0 radical (unpaired) electrons. The maximum atomic E-state index is 9.24. The van der Waals surface area contributed by atoms with Crippen LogP contribution >= 0.6 is 0 Å². The average Bonchev–Trinajstić information content (AvgIpc) is 1.65. The van der Waals surface area contributed by atoms with Crippen molar-refractivity contribution in [2.75, 3.05) is 6.54 Å². The van der Waals surface area contributed by atoms with Gasteiger partial charge >= 0.3 is 71.2 Å². The molecule has 58 valence electrons. The van der Waals surface area contributed by atoms with Gasteiger partial charge in [-0.15, -0.1) is 0 Å². The summed E-state index contributed by atoms with van der Waals surface area (Å²) in [5, 5.41) is 14.8. The Balaban J connectivity index is -0.0000000146. The third-order valence-electron chi connectivity index (χ3n) is 0.175. The summed E-state index contributed by atoms with van der Waals surface area (Å²) in [5.41, 5.74) is 8.60. The van der Waals surface area contributed by atoms with Gasteiger partial charge in [-0.2, -0.15) is 0 Å². The first-order chi connectivity index (χ1) is 4.00. The second-order valence-corrected chi connectivity index (χ2v) is 0.936. The standard InChI is InChI=1S/C2H5NO2.CH3NO2.2Na.2H/c3-1-2(4)5;2-1(3)4;;;;/h1,3H2,(H,4,5);2H2,(H,3,4);;;;/q;;2*+1;2*-1. The zero-order valence-corrected chi connectivity index (χ0v) is 10.6. The van der Waals surface area contributed by atoms with Crippen molar-refractivity contribution in [1.82, 2.24) is 0 Å². The van der Waals surface area contributed by atoms with Crippen LogP contribution in [0.25, 0.3) is 0 Å². The van der Waals surface area contributed by atoms with E-state index in [1.807, 2.05) is 0 Å².